The third kappa shape index (κ3) is 2.64. The molecular weight excluding hydrogens is 280 g/mol. The summed E-state index contributed by atoms with van der Waals surface area (Å²) in [5.41, 5.74) is 1.30. The number of carbonyl (C=O) groups excluding carboxylic acids is 2. The lowest BCUT2D eigenvalue weighted by Gasteiger charge is -1.99. The van der Waals surface area contributed by atoms with Crippen molar-refractivity contribution >= 4 is 39.8 Å². The van der Waals surface area contributed by atoms with Crippen molar-refractivity contribution in [3.05, 3.63) is 30.0 Å². The van der Waals surface area contributed by atoms with Crippen molar-refractivity contribution in [2.75, 3.05) is 5.75 Å². The molecule has 102 valence electrons. The number of para-hydroxylation sites is 1. The molecule has 1 aliphatic heterocycles. The Balaban J connectivity index is 1.65. The van der Waals surface area contributed by atoms with Crippen molar-refractivity contribution in [1.29, 1.82) is 0 Å². The van der Waals surface area contributed by atoms with Crippen LogP contribution >= 0.6 is 11.8 Å². The Morgan fingerprint density at radius 1 is 1.50 bits per heavy atom. The summed E-state index contributed by atoms with van der Waals surface area (Å²) in [4.78, 5) is 26.3. The molecule has 3 amide bonds. The number of hydrogen-bond donors (Lipinski definition) is 2. The van der Waals surface area contributed by atoms with Gasteiger partial charge in [-0.15, -0.1) is 0 Å². The molecule has 2 N–H and O–H groups in total. The highest BCUT2D eigenvalue weighted by Crippen LogP contribution is 2.17. The molecule has 1 aromatic heterocycles. The maximum atomic E-state index is 11.6. The van der Waals surface area contributed by atoms with Gasteiger partial charge in [0.2, 0.25) is 5.91 Å². The highest BCUT2D eigenvalue weighted by Gasteiger charge is 2.17. The van der Waals surface area contributed by atoms with E-state index in [1.54, 1.807) is 6.07 Å². The zero-order valence-electron chi connectivity index (χ0n) is 10.3. The second-order valence-corrected chi connectivity index (χ2v) is 5.00. The van der Waals surface area contributed by atoms with E-state index in [4.69, 9.17) is 4.52 Å². The van der Waals surface area contributed by atoms with E-state index in [0.29, 0.717) is 22.2 Å². The smallest absolute Gasteiger partial charge is 0.343 e. The van der Waals surface area contributed by atoms with Gasteiger partial charge in [-0.25, -0.2) is 4.79 Å². The SMILES string of the molecule is O=C1CS/C(=N\C(=O)NCc2noc3ccccc23)N1. The van der Waals surface area contributed by atoms with E-state index in [9.17, 15) is 9.59 Å². The molecule has 0 bridgehead atoms. The molecule has 0 radical (unpaired) electrons. The number of nitrogens with one attached hydrogen (secondary N) is 2. The first kappa shape index (κ1) is 12.7. The second-order valence-electron chi connectivity index (χ2n) is 4.04. The van der Waals surface area contributed by atoms with Gasteiger partial charge in [0, 0.05) is 5.39 Å². The first-order chi connectivity index (χ1) is 9.72. The summed E-state index contributed by atoms with van der Waals surface area (Å²) in [6.45, 7) is 0.214. The minimum Gasteiger partial charge on any atom is -0.356 e. The standard InChI is InChI=1S/C12H10N4O3S/c17-10-6-20-12(14-10)15-11(18)13-5-8-7-3-1-2-4-9(7)19-16-8/h1-4H,5-6H2,(H2,13,14,15,17,18). The number of fused-ring (bicyclic) bond motifs is 1. The van der Waals surface area contributed by atoms with E-state index >= 15 is 0 Å². The number of aliphatic imine (C=N–C) groups is 1. The van der Waals surface area contributed by atoms with Gasteiger partial charge in [0.05, 0.1) is 12.3 Å². The van der Waals surface area contributed by atoms with E-state index in [1.807, 2.05) is 18.2 Å². The lowest BCUT2D eigenvalue weighted by molar-refractivity contribution is -0.116. The molecule has 2 heterocycles. The Labute approximate surface area is 117 Å². The van der Waals surface area contributed by atoms with Gasteiger partial charge in [-0.3, -0.25) is 4.79 Å². The monoisotopic (exact) mass is 290 g/mol. The molecule has 0 atom stereocenters. The molecule has 0 saturated carbocycles. The van der Waals surface area contributed by atoms with Crippen LogP contribution in [-0.4, -0.2) is 28.0 Å². The quantitative estimate of drug-likeness (QED) is 0.867. The van der Waals surface area contributed by atoms with Crippen LogP contribution in [0.2, 0.25) is 0 Å². The van der Waals surface area contributed by atoms with Crippen molar-refractivity contribution in [2.24, 2.45) is 4.99 Å². The van der Waals surface area contributed by atoms with Crippen LogP contribution in [0.5, 0.6) is 0 Å². The average Bonchev–Trinajstić information content (AvgIpc) is 3.03. The van der Waals surface area contributed by atoms with Gasteiger partial charge in [-0.2, -0.15) is 4.99 Å². The molecular formula is C12H10N4O3S. The predicted octanol–water partition coefficient (Wildman–Crippen LogP) is 1.26. The summed E-state index contributed by atoms with van der Waals surface area (Å²) in [7, 11) is 0. The number of amides is 3. The number of carbonyl (C=O) groups is 2. The van der Waals surface area contributed by atoms with Crippen molar-refractivity contribution in [3.8, 4) is 0 Å². The van der Waals surface area contributed by atoms with E-state index in [0.717, 1.165) is 5.39 Å². The Morgan fingerprint density at radius 3 is 3.15 bits per heavy atom. The van der Waals surface area contributed by atoms with E-state index in [1.165, 1.54) is 11.8 Å². The summed E-state index contributed by atoms with van der Waals surface area (Å²) in [6.07, 6.45) is 0. The molecule has 1 aromatic carbocycles. The van der Waals surface area contributed by atoms with Crippen LogP contribution in [0, 0.1) is 0 Å². The predicted molar refractivity (Wildman–Crippen MR) is 74.3 cm³/mol. The summed E-state index contributed by atoms with van der Waals surface area (Å²) >= 11 is 1.20. The highest BCUT2D eigenvalue weighted by atomic mass is 32.2. The highest BCUT2D eigenvalue weighted by molar-refractivity contribution is 8.15. The van der Waals surface area contributed by atoms with Crippen molar-refractivity contribution in [1.82, 2.24) is 15.8 Å². The van der Waals surface area contributed by atoms with Crippen LogP contribution in [-0.2, 0) is 11.3 Å². The minimum absolute atomic E-state index is 0.149. The largest absolute Gasteiger partial charge is 0.356 e. The van der Waals surface area contributed by atoms with Crippen LogP contribution in [0.25, 0.3) is 11.0 Å². The lowest BCUT2D eigenvalue weighted by atomic mass is 10.2. The Hall–Kier alpha value is -2.35. The van der Waals surface area contributed by atoms with E-state index in [-0.39, 0.29) is 12.5 Å². The zero-order chi connectivity index (χ0) is 13.9. The number of urea groups is 1. The second kappa shape index (κ2) is 5.33. The van der Waals surface area contributed by atoms with Crippen molar-refractivity contribution < 1.29 is 14.1 Å². The number of thioether (sulfide) groups is 1. The first-order valence-electron chi connectivity index (χ1n) is 5.85. The number of amidine groups is 1. The summed E-state index contributed by atoms with van der Waals surface area (Å²) in [6, 6.07) is 6.87. The summed E-state index contributed by atoms with van der Waals surface area (Å²) in [5, 5.41) is 10.2. The summed E-state index contributed by atoms with van der Waals surface area (Å²) < 4.78 is 5.13. The van der Waals surface area contributed by atoms with Crippen LogP contribution in [0.15, 0.2) is 33.8 Å². The minimum atomic E-state index is -0.526. The molecule has 20 heavy (non-hydrogen) atoms. The van der Waals surface area contributed by atoms with Crippen molar-refractivity contribution in [2.45, 2.75) is 6.54 Å². The van der Waals surface area contributed by atoms with Gasteiger partial charge in [0.15, 0.2) is 10.8 Å². The molecule has 2 aromatic rings. The molecule has 1 aliphatic rings. The molecule has 0 spiro atoms. The van der Waals surface area contributed by atoms with Gasteiger partial charge in [0.1, 0.15) is 5.69 Å². The molecule has 0 unspecified atom stereocenters. The third-order valence-corrected chi connectivity index (χ3v) is 3.52. The van der Waals surface area contributed by atoms with Gasteiger partial charge in [-0.05, 0) is 12.1 Å². The molecule has 1 fully saturated rings. The normalized spacial score (nSPS) is 16.6. The number of benzene rings is 1. The maximum Gasteiger partial charge on any atom is 0.343 e. The Bertz CT molecular complexity index is 710. The zero-order valence-corrected chi connectivity index (χ0v) is 11.1. The van der Waals surface area contributed by atoms with Crippen LogP contribution in [0.4, 0.5) is 4.79 Å². The van der Waals surface area contributed by atoms with Gasteiger partial charge >= 0.3 is 6.03 Å². The number of rotatable bonds is 2. The van der Waals surface area contributed by atoms with Crippen LogP contribution < -0.4 is 10.6 Å². The van der Waals surface area contributed by atoms with Gasteiger partial charge in [0.25, 0.3) is 0 Å². The van der Waals surface area contributed by atoms with Crippen molar-refractivity contribution in [3.63, 3.8) is 0 Å². The fourth-order valence-corrected chi connectivity index (χ4v) is 2.42. The maximum absolute atomic E-state index is 11.6. The van der Waals surface area contributed by atoms with E-state index in [2.05, 4.69) is 20.8 Å². The third-order valence-electron chi connectivity index (χ3n) is 2.65. The molecule has 8 heteroatoms. The number of aromatic nitrogens is 1. The lowest BCUT2D eigenvalue weighted by Crippen LogP contribution is -2.25. The fraction of sp³-hybridized carbons (Fsp3) is 0.167. The first-order valence-corrected chi connectivity index (χ1v) is 6.83. The summed E-state index contributed by atoms with van der Waals surface area (Å²) in [5.74, 6) is 0.143. The fourth-order valence-electron chi connectivity index (χ4n) is 1.74. The number of nitrogens with zero attached hydrogens (tertiary/aromatic N) is 2. The topological polar surface area (TPSA) is 96.6 Å². The molecule has 0 aliphatic carbocycles. The van der Waals surface area contributed by atoms with Gasteiger partial charge in [-0.1, -0.05) is 29.1 Å². The molecule has 1 saturated heterocycles. The Kier molecular flexibility index (Phi) is 3.38. The number of hydrogen-bond acceptors (Lipinski definition) is 5. The van der Waals surface area contributed by atoms with Crippen LogP contribution in [0.3, 0.4) is 0 Å². The molecule has 7 nitrogen and oxygen atoms in total. The van der Waals surface area contributed by atoms with Crippen LogP contribution in [0.1, 0.15) is 5.69 Å². The molecule has 3 rings (SSSR count). The average molecular weight is 290 g/mol. The Morgan fingerprint density at radius 2 is 2.35 bits per heavy atom. The van der Waals surface area contributed by atoms with Gasteiger partial charge < -0.3 is 15.2 Å². The van der Waals surface area contributed by atoms with E-state index < -0.39 is 6.03 Å².